The highest BCUT2D eigenvalue weighted by atomic mass is 127. The Morgan fingerprint density at radius 2 is 1.88 bits per heavy atom. The smallest absolute Gasteiger partial charge is 0.357 e. The third kappa shape index (κ3) is 7.29. The number of nitrogens with one attached hydrogen (secondary N) is 2. The molecule has 1 saturated heterocycles. The Morgan fingerprint density at radius 1 is 1.23 bits per heavy atom. The molecule has 10 heteroatoms. The number of aliphatic imine (C=N–C) groups is 1. The standard InChI is InChI=1S/C16H22F3N3O2S.HI/c1-2-20-15(22-10-13-7-8-25(23,24)11-13)21-9-12-3-5-14(6-4-12)16(17,18)19;/h3-6,13H,2,7-11H2,1H3,(H2,20,21,22);1H. The third-order valence-electron chi connectivity index (χ3n) is 3.93. The fraction of sp³-hybridized carbons (Fsp3) is 0.562. The number of guanidine groups is 1. The highest BCUT2D eigenvalue weighted by molar-refractivity contribution is 14.0. The number of rotatable bonds is 5. The third-order valence-corrected chi connectivity index (χ3v) is 5.77. The van der Waals surface area contributed by atoms with Gasteiger partial charge in [-0.15, -0.1) is 24.0 Å². The molecule has 1 atom stereocenters. The Hall–Kier alpha value is -1.04. The van der Waals surface area contributed by atoms with E-state index in [4.69, 9.17) is 0 Å². The van der Waals surface area contributed by atoms with Crippen LogP contribution in [0.3, 0.4) is 0 Å². The summed E-state index contributed by atoms with van der Waals surface area (Å²) in [6.45, 7) is 3.26. The van der Waals surface area contributed by atoms with Crippen molar-refractivity contribution >= 4 is 39.8 Å². The van der Waals surface area contributed by atoms with Crippen LogP contribution in [-0.2, 0) is 22.6 Å². The van der Waals surface area contributed by atoms with Gasteiger partial charge in [0.25, 0.3) is 0 Å². The van der Waals surface area contributed by atoms with Crippen LogP contribution in [0.4, 0.5) is 13.2 Å². The van der Waals surface area contributed by atoms with E-state index in [1.54, 1.807) is 0 Å². The van der Waals surface area contributed by atoms with Gasteiger partial charge in [0.15, 0.2) is 15.8 Å². The van der Waals surface area contributed by atoms with Gasteiger partial charge in [0, 0.05) is 13.1 Å². The second-order valence-electron chi connectivity index (χ2n) is 6.04. The largest absolute Gasteiger partial charge is 0.416 e. The molecule has 1 aromatic rings. The molecular weight excluding hydrogens is 482 g/mol. The maximum atomic E-state index is 12.5. The summed E-state index contributed by atoms with van der Waals surface area (Å²) in [5, 5.41) is 6.14. The van der Waals surface area contributed by atoms with E-state index in [1.807, 2.05) is 6.92 Å². The molecule has 2 rings (SSSR count). The predicted octanol–water partition coefficient (Wildman–Crippen LogP) is 2.81. The molecular formula is C16H23F3IN3O2S. The van der Waals surface area contributed by atoms with Crippen molar-refractivity contribution in [3.05, 3.63) is 35.4 Å². The molecule has 0 saturated carbocycles. The van der Waals surface area contributed by atoms with Crippen LogP contribution < -0.4 is 10.6 Å². The van der Waals surface area contributed by atoms with Crippen LogP contribution in [0.5, 0.6) is 0 Å². The Bertz CT molecular complexity index is 706. The van der Waals surface area contributed by atoms with Gasteiger partial charge < -0.3 is 10.6 Å². The van der Waals surface area contributed by atoms with Gasteiger partial charge in [-0.1, -0.05) is 12.1 Å². The highest BCUT2D eigenvalue weighted by Crippen LogP contribution is 2.29. The molecule has 1 aliphatic rings. The molecule has 0 bridgehead atoms. The van der Waals surface area contributed by atoms with Crippen LogP contribution >= 0.6 is 24.0 Å². The first kappa shape index (κ1) is 23.0. The zero-order valence-corrected chi connectivity index (χ0v) is 17.5. The second kappa shape index (κ2) is 9.77. The van der Waals surface area contributed by atoms with E-state index >= 15 is 0 Å². The van der Waals surface area contributed by atoms with Gasteiger partial charge in [0.2, 0.25) is 0 Å². The van der Waals surface area contributed by atoms with Gasteiger partial charge in [-0.25, -0.2) is 13.4 Å². The van der Waals surface area contributed by atoms with E-state index in [-0.39, 0.29) is 47.9 Å². The monoisotopic (exact) mass is 505 g/mol. The normalized spacial score (nSPS) is 19.7. The summed E-state index contributed by atoms with van der Waals surface area (Å²) < 4.78 is 60.6. The average Bonchev–Trinajstić information content (AvgIpc) is 2.89. The Morgan fingerprint density at radius 3 is 2.38 bits per heavy atom. The van der Waals surface area contributed by atoms with Crippen molar-refractivity contribution < 1.29 is 21.6 Å². The molecule has 2 N–H and O–H groups in total. The molecule has 1 aliphatic heterocycles. The number of benzene rings is 1. The molecule has 0 amide bonds. The van der Waals surface area contributed by atoms with E-state index in [1.165, 1.54) is 12.1 Å². The minimum atomic E-state index is -4.35. The number of hydrogen-bond acceptors (Lipinski definition) is 3. The molecule has 0 spiro atoms. The summed E-state index contributed by atoms with van der Waals surface area (Å²) in [4.78, 5) is 4.34. The zero-order chi connectivity index (χ0) is 18.5. The summed E-state index contributed by atoms with van der Waals surface area (Å²) in [6.07, 6.45) is -3.71. The predicted molar refractivity (Wildman–Crippen MR) is 106 cm³/mol. The van der Waals surface area contributed by atoms with Gasteiger partial charge in [-0.3, -0.25) is 0 Å². The average molecular weight is 505 g/mol. The van der Waals surface area contributed by atoms with Crippen LogP contribution in [0.25, 0.3) is 0 Å². The summed E-state index contributed by atoms with van der Waals surface area (Å²) >= 11 is 0. The van der Waals surface area contributed by atoms with Gasteiger partial charge in [-0.05, 0) is 37.0 Å². The molecule has 5 nitrogen and oxygen atoms in total. The van der Waals surface area contributed by atoms with Gasteiger partial charge in [0.05, 0.1) is 23.6 Å². The summed E-state index contributed by atoms with van der Waals surface area (Å²) in [5.74, 6) is 0.975. The van der Waals surface area contributed by atoms with Crippen molar-refractivity contribution in [3.8, 4) is 0 Å². The number of nitrogens with zero attached hydrogens (tertiary/aromatic N) is 1. The van der Waals surface area contributed by atoms with Gasteiger partial charge >= 0.3 is 6.18 Å². The molecule has 148 valence electrons. The molecule has 1 fully saturated rings. The maximum Gasteiger partial charge on any atom is 0.416 e. The minimum Gasteiger partial charge on any atom is -0.357 e. The van der Waals surface area contributed by atoms with Crippen molar-refractivity contribution in [1.82, 2.24) is 10.6 Å². The molecule has 0 radical (unpaired) electrons. The van der Waals surface area contributed by atoms with Gasteiger partial charge in [0.1, 0.15) is 0 Å². The zero-order valence-electron chi connectivity index (χ0n) is 14.3. The number of hydrogen-bond donors (Lipinski definition) is 2. The fourth-order valence-electron chi connectivity index (χ4n) is 2.59. The van der Waals surface area contributed by atoms with Crippen molar-refractivity contribution in [2.24, 2.45) is 10.9 Å². The highest BCUT2D eigenvalue weighted by Gasteiger charge is 2.30. The topological polar surface area (TPSA) is 70.6 Å². The lowest BCUT2D eigenvalue weighted by Crippen LogP contribution is -2.40. The van der Waals surface area contributed by atoms with Crippen LogP contribution in [0.2, 0.25) is 0 Å². The number of alkyl halides is 3. The summed E-state index contributed by atoms with van der Waals surface area (Å²) in [7, 11) is -2.92. The SMILES string of the molecule is CCNC(=NCc1ccc(C(F)(F)F)cc1)NCC1CCS(=O)(=O)C1.I. The maximum absolute atomic E-state index is 12.5. The van der Waals surface area contributed by atoms with Crippen LogP contribution in [0.1, 0.15) is 24.5 Å². The van der Waals surface area contributed by atoms with Crippen LogP contribution in [0, 0.1) is 5.92 Å². The lowest BCUT2D eigenvalue weighted by molar-refractivity contribution is -0.137. The summed E-state index contributed by atoms with van der Waals surface area (Å²) in [5.41, 5.74) is -0.0265. The first-order valence-corrected chi connectivity index (χ1v) is 9.90. The molecule has 26 heavy (non-hydrogen) atoms. The van der Waals surface area contributed by atoms with Crippen molar-refractivity contribution in [2.75, 3.05) is 24.6 Å². The molecule has 0 aliphatic carbocycles. The Balaban J connectivity index is 0.00000338. The second-order valence-corrected chi connectivity index (χ2v) is 8.27. The van der Waals surface area contributed by atoms with Crippen LogP contribution in [-0.4, -0.2) is 39.0 Å². The molecule has 1 heterocycles. The lowest BCUT2D eigenvalue weighted by Gasteiger charge is -2.14. The van der Waals surface area contributed by atoms with Crippen molar-refractivity contribution in [3.63, 3.8) is 0 Å². The molecule has 1 unspecified atom stereocenters. The first-order valence-electron chi connectivity index (χ1n) is 8.08. The van der Waals surface area contributed by atoms with E-state index in [0.717, 1.165) is 12.1 Å². The van der Waals surface area contributed by atoms with Gasteiger partial charge in [-0.2, -0.15) is 13.2 Å². The van der Waals surface area contributed by atoms with E-state index in [0.29, 0.717) is 31.0 Å². The number of halogens is 4. The Labute approximate surface area is 168 Å². The Kier molecular flexibility index (Phi) is 8.64. The first-order chi connectivity index (χ1) is 11.7. The van der Waals surface area contributed by atoms with E-state index < -0.39 is 21.6 Å². The minimum absolute atomic E-state index is 0. The van der Waals surface area contributed by atoms with Crippen LogP contribution in [0.15, 0.2) is 29.3 Å². The van der Waals surface area contributed by atoms with E-state index in [9.17, 15) is 21.6 Å². The quantitative estimate of drug-likeness (QED) is 0.367. The fourth-order valence-corrected chi connectivity index (χ4v) is 4.45. The van der Waals surface area contributed by atoms with Crippen molar-refractivity contribution in [2.45, 2.75) is 26.1 Å². The summed E-state index contributed by atoms with van der Waals surface area (Å²) in [6, 6.07) is 4.88. The molecule has 1 aromatic carbocycles. The van der Waals surface area contributed by atoms with Crippen molar-refractivity contribution in [1.29, 1.82) is 0 Å². The lowest BCUT2D eigenvalue weighted by atomic mass is 10.1. The van der Waals surface area contributed by atoms with E-state index in [2.05, 4.69) is 15.6 Å². The molecule has 0 aromatic heterocycles. The number of sulfone groups is 1.